The van der Waals surface area contributed by atoms with Gasteiger partial charge in [0.1, 0.15) is 25.8 Å². The van der Waals surface area contributed by atoms with Crippen LogP contribution in [0.4, 0.5) is 5.69 Å². The van der Waals surface area contributed by atoms with Crippen LogP contribution in [-0.2, 0) is 32.6 Å². The molecule has 0 unspecified atom stereocenters. The van der Waals surface area contributed by atoms with Crippen LogP contribution in [-0.4, -0.2) is 57.5 Å². The molecule has 0 saturated carbocycles. The molecule has 0 fully saturated rings. The summed E-state index contributed by atoms with van der Waals surface area (Å²) in [6.45, 7) is 4.40. The Labute approximate surface area is 264 Å². The van der Waals surface area contributed by atoms with Crippen LogP contribution in [0.2, 0.25) is 0 Å². The predicted octanol–water partition coefficient (Wildman–Crippen LogP) is 4.74. The van der Waals surface area contributed by atoms with E-state index in [2.05, 4.69) is 5.32 Å². The number of fused-ring (bicyclic) bond motifs is 1. The number of anilines is 1. The minimum atomic E-state index is -4.22. The van der Waals surface area contributed by atoms with Gasteiger partial charge in [-0.1, -0.05) is 72.8 Å². The number of carbonyl (C=O) groups excluding carboxylic acids is 2. The van der Waals surface area contributed by atoms with Crippen molar-refractivity contribution >= 4 is 27.5 Å². The molecule has 1 aliphatic heterocycles. The van der Waals surface area contributed by atoms with E-state index in [1.807, 2.05) is 68.4 Å². The van der Waals surface area contributed by atoms with Crippen molar-refractivity contribution in [3.8, 4) is 11.5 Å². The largest absolute Gasteiger partial charge is 0.486 e. The van der Waals surface area contributed by atoms with Crippen LogP contribution < -0.4 is 19.1 Å². The lowest BCUT2D eigenvalue weighted by atomic mass is 10.0. The molecule has 0 spiro atoms. The maximum absolute atomic E-state index is 14.5. The second kappa shape index (κ2) is 14.3. The molecule has 1 atom stereocenters. The molecule has 0 aromatic heterocycles. The lowest BCUT2D eigenvalue weighted by Crippen LogP contribution is -2.53. The Bertz CT molecular complexity index is 1730. The van der Waals surface area contributed by atoms with E-state index in [-0.39, 0.29) is 29.5 Å². The molecule has 5 rings (SSSR count). The summed E-state index contributed by atoms with van der Waals surface area (Å²) >= 11 is 0. The number of nitrogens with one attached hydrogen (secondary N) is 1. The second-order valence-electron chi connectivity index (χ2n) is 10.7. The minimum absolute atomic E-state index is 0.0303. The lowest BCUT2D eigenvalue weighted by molar-refractivity contribution is -0.140. The molecule has 4 aromatic rings. The number of benzene rings is 4. The van der Waals surface area contributed by atoms with Crippen molar-refractivity contribution in [3.05, 3.63) is 120 Å². The molecule has 1 aliphatic rings. The van der Waals surface area contributed by atoms with Crippen molar-refractivity contribution < 1.29 is 27.5 Å². The van der Waals surface area contributed by atoms with Gasteiger partial charge in [0.25, 0.3) is 10.0 Å². The van der Waals surface area contributed by atoms with Gasteiger partial charge in [-0.2, -0.15) is 0 Å². The highest BCUT2D eigenvalue weighted by Gasteiger charge is 2.35. The summed E-state index contributed by atoms with van der Waals surface area (Å²) in [7, 11) is -4.22. The third-order valence-corrected chi connectivity index (χ3v) is 9.44. The fourth-order valence-corrected chi connectivity index (χ4v) is 6.68. The van der Waals surface area contributed by atoms with Crippen molar-refractivity contribution in [2.75, 3.05) is 30.6 Å². The summed E-state index contributed by atoms with van der Waals surface area (Å²) in [5.41, 5.74) is 2.91. The molecule has 0 radical (unpaired) electrons. The molecule has 0 bridgehead atoms. The fourth-order valence-electron chi connectivity index (χ4n) is 5.25. The summed E-state index contributed by atoms with van der Waals surface area (Å²) in [5.74, 6) is 0.0362. The molecule has 4 aromatic carbocycles. The van der Waals surface area contributed by atoms with Crippen LogP contribution in [0.25, 0.3) is 0 Å². The number of rotatable bonds is 12. The normalized spacial score (nSPS) is 13.0. The Kier molecular flexibility index (Phi) is 10.0. The third kappa shape index (κ3) is 7.46. The van der Waals surface area contributed by atoms with Gasteiger partial charge >= 0.3 is 0 Å². The van der Waals surface area contributed by atoms with Crippen LogP contribution >= 0.6 is 0 Å². The molecule has 1 N–H and O–H groups in total. The quantitative estimate of drug-likeness (QED) is 0.243. The van der Waals surface area contributed by atoms with E-state index in [4.69, 9.17) is 9.47 Å². The molecule has 1 heterocycles. The highest BCUT2D eigenvalue weighted by Crippen LogP contribution is 2.36. The minimum Gasteiger partial charge on any atom is -0.486 e. The number of amides is 2. The van der Waals surface area contributed by atoms with Crippen LogP contribution in [0.5, 0.6) is 11.5 Å². The standard InChI is InChI=1S/C35H37N3O6S/c1-3-36-35(40)31(22-27-13-6-4-7-14-27)37(24-28-15-11-10-12-26(28)2)34(39)25-38(45(41,42)30-16-8-5-9-17-30)29-18-19-32-33(23-29)44-21-20-43-32/h4-19,23,31H,3,20-22,24-25H2,1-2H3,(H,36,40)/t31-/m0/s1. The van der Waals surface area contributed by atoms with E-state index in [9.17, 15) is 18.0 Å². The van der Waals surface area contributed by atoms with Crippen LogP contribution in [0, 0.1) is 6.92 Å². The van der Waals surface area contributed by atoms with Gasteiger partial charge in [0, 0.05) is 25.6 Å². The zero-order chi connectivity index (χ0) is 31.8. The fraction of sp³-hybridized carbons (Fsp3) is 0.257. The first-order chi connectivity index (χ1) is 21.8. The molecule has 234 valence electrons. The van der Waals surface area contributed by atoms with Crippen molar-refractivity contribution in [1.82, 2.24) is 10.2 Å². The number of carbonyl (C=O) groups is 2. The van der Waals surface area contributed by atoms with E-state index in [0.717, 1.165) is 21.0 Å². The molecule has 10 heteroatoms. The maximum atomic E-state index is 14.5. The first-order valence-corrected chi connectivity index (χ1v) is 16.3. The van der Waals surface area contributed by atoms with E-state index < -0.39 is 28.5 Å². The Balaban J connectivity index is 1.58. The van der Waals surface area contributed by atoms with Gasteiger partial charge in [-0.15, -0.1) is 0 Å². The van der Waals surface area contributed by atoms with Crippen molar-refractivity contribution in [2.45, 2.75) is 37.8 Å². The zero-order valence-corrected chi connectivity index (χ0v) is 26.2. The molecule has 9 nitrogen and oxygen atoms in total. The maximum Gasteiger partial charge on any atom is 0.264 e. The number of nitrogens with zero attached hydrogens (tertiary/aromatic N) is 2. The third-order valence-electron chi connectivity index (χ3n) is 7.65. The first-order valence-electron chi connectivity index (χ1n) is 14.9. The van der Waals surface area contributed by atoms with Gasteiger partial charge in [0.15, 0.2) is 11.5 Å². The Morgan fingerprint density at radius 1 is 0.844 bits per heavy atom. The Morgan fingerprint density at radius 2 is 1.49 bits per heavy atom. The monoisotopic (exact) mass is 627 g/mol. The number of aryl methyl sites for hydroxylation is 1. The molecule has 45 heavy (non-hydrogen) atoms. The average Bonchev–Trinajstić information content (AvgIpc) is 3.06. The molecule has 0 aliphatic carbocycles. The van der Waals surface area contributed by atoms with E-state index in [1.165, 1.54) is 17.0 Å². The molecule has 0 saturated heterocycles. The number of likely N-dealkylation sites (N-methyl/N-ethyl adjacent to an activating group) is 1. The number of ether oxygens (including phenoxy) is 2. The van der Waals surface area contributed by atoms with Gasteiger partial charge in [-0.05, 0) is 54.8 Å². The van der Waals surface area contributed by atoms with Gasteiger partial charge in [-0.25, -0.2) is 8.42 Å². The second-order valence-corrected chi connectivity index (χ2v) is 12.6. The van der Waals surface area contributed by atoms with E-state index in [0.29, 0.717) is 31.3 Å². The van der Waals surface area contributed by atoms with Crippen LogP contribution in [0.1, 0.15) is 23.6 Å². The lowest BCUT2D eigenvalue weighted by Gasteiger charge is -2.34. The predicted molar refractivity (Wildman–Crippen MR) is 173 cm³/mol. The number of hydrogen-bond donors (Lipinski definition) is 1. The van der Waals surface area contributed by atoms with Gasteiger partial charge in [-0.3, -0.25) is 13.9 Å². The van der Waals surface area contributed by atoms with E-state index in [1.54, 1.807) is 36.4 Å². The SMILES string of the molecule is CCNC(=O)[C@H](Cc1ccccc1)N(Cc1ccccc1C)C(=O)CN(c1ccc2c(c1)OCCO2)S(=O)(=O)c1ccccc1. The van der Waals surface area contributed by atoms with Crippen LogP contribution in [0.3, 0.4) is 0 Å². The molecular weight excluding hydrogens is 590 g/mol. The first kappa shape index (κ1) is 31.6. The van der Waals surface area contributed by atoms with Crippen LogP contribution in [0.15, 0.2) is 108 Å². The summed E-state index contributed by atoms with van der Waals surface area (Å²) in [5, 5.41) is 2.88. The summed E-state index contributed by atoms with van der Waals surface area (Å²) in [4.78, 5) is 29.7. The smallest absolute Gasteiger partial charge is 0.264 e. The van der Waals surface area contributed by atoms with Gasteiger partial charge in [0.05, 0.1) is 10.6 Å². The Morgan fingerprint density at radius 3 is 2.18 bits per heavy atom. The number of sulfonamides is 1. The van der Waals surface area contributed by atoms with Gasteiger partial charge in [0.2, 0.25) is 11.8 Å². The number of hydrogen-bond acceptors (Lipinski definition) is 6. The molecule has 2 amide bonds. The summed E-state index contributed by atoms with van der Waals surface area (Å²) in [6.07, 6.45) is 0.250. The van der Waals surface area contributed by atoms with Crippen molar-refractivity contribution in [2.24, 2.45) is 0 Å². The topological polar surface area (TPSA) is 105 Å². The van der Waals surface area contributed by atoms with E-state index >= 15 is 0 Å². The Hall–Kier alpha value is -4.83. The highest BCUT2D eigenvalue weighted by atomic mass is 32.2. The van der Waals surface area contributed by atoms with Gasteiger partial charge < -0.3 is 19.7 Å². The summed E-state index contributed by atoms with van der Waals surface area (Å²) < 4.78 is 40.8. The molecular formula is C35H37N3O6S. The summed E-state index contributed by atoms with van der Waals surface area (Å²) in [6, 6.07) is 29.0. The zero-order valence-electron chi connectivity index (χ0n) is 25.4. The average molecular weight is 628 g/mol. The van der Waals surface area contributed by atoms with Crippen molar-refractivity contribution in [3.63, 3.8) is 0 Å². The highest BCUT2D eigenvalue weighted by molar-refractivity contribution is 7.92. The van der Waals surface area contributed by atoms with Crippen molar-refractivity contribution in [1.29, 1.82) is 0 Å².